The van der Waals surface area contributed by atoms with Crippen LogP contribution in [0, 0.1) is 12.7 Å². The lowest BCUT2D eigenvalue weighted by Gasteiger charge is -2.13. The fourth-order valence-electron chi connectivity index (χ4n) is 1.19. The van der Waals surface area contributed by atoms with Crippen molar-refractivity contribution in [2.45, 2.75) is 13.0 Å². The van der Waals surface area contributed by atoms with E-state index in [-0.39, 0.29) is 18.5 Å². The van der Waals surface area contributed by atoms with Gasteiger partial charge in [0.2, 0.25) is 0 Å². The number of hydrogen-bond donors (Lipinski definition) is 2. The lowest BCUT2D eigenvalue weighted by Crippen LogP contribution is -2.20. The Hall–Kier alpha value is -0.930. The maximum atomic E-state index is 13.1. The number of halogens is 1. The van der Waals surface area contributed by atoms with Crippen molar-refractivity contribution in [3.05, 3.63) is 35.1 Å². The molecule has 0 radical (unpaired) electrons. The summed E-state index contributed by atoms with van der Waals surface area (Å²) >= 11 is 0. The molecule has 1 aromatic carbocycles. The number of aliphatic hydroxyl groups excluding tert-OH is 1. The molecule has 0 aromatic heterocycles. The van der Waals surface area contributed by atoms with Gasteiger partial charge in [-0.15, -0.1) is 0 Å². The van der Waals surface area contributed by atoms with Crippen LogP contribution in [0.4, 0.5) is 4.39 Å². The number of aliphatic hydroxyl groups is 1. The fourth-order valence-corrected chi connectivity index (χ4v) is 1.19. The molecule has 0 aliphatic rings. The third kappa shape index (κ3) is 2.26. The molecule has 1 atom stereocenters. The first kappa shape index (κ1) is 10.2. The number of aryl methyl sites for hydroxylation is 1. The summed E-state index contributed by atoms with van der Waals surface area (Å²) in [6.07, 6.45) is 0. The molecule has 3 heteroatoms. The van der Waals surface area contributed by atoms with E-state index in [1.165, 1.54) is 6.07 Å². The molecule has 0 amide bonds. The predicted molar refractivity (Wildman–Crippen MR) is 50.0 cm³/mol. The second kappa shape index (κ2) is 4.35. The SMILES string of the molecule is CN[C@H](CO)c1ccc(C)c(F)c1. The predicted octanol–water partition coefficient (Wildman–Crippen LogP) is 1.39. The summed E-state index contributed by atoms with van der Waals surface area (Å²) in [4.78, 5) is 0. The molecular formula is C10H14FNO. The summed E-state index contributed by atoms with van der Waals surface area (Å²) in [7, 11) is 1.73. The second-order valence-corrected chi connectivity index (χ2v) is 3.03. The third-order valence-electron chi connectivity index (χ3n) is 2.13. The van der Waals surface area contributed by atoms with Crippen molar-refractivity contribution in [2.24, 2.45) is 0 Å². The van der Waals surface area contributed by atoms with Crippen molar-refractivity contribution in [3.63, 3.8) is 0 Å². The molecule has 0 aliphatic heterocycles. The summed E-state index contributed by atoms with van der Waals surface area (Å²) in [5, 5.41) is 11.9. The van der Waals surface area contributed by atoms with Crippen LogP contribution in [0.2, 0.25) is 0 Å². The molecule has 1 aromatic rings. The molecule has 1 rings (SSSR count). The van der Waals surface area contributed by atoms with E-state index in [1.54, 1.807) is 20.0 Å². The van der Waals surface area contributed by atoms with Crippen LogP contribution in [0.15, 0.2) is 18.2 Å². The molecule has 13 heavy (non-hydrogen) atoms. The Bertz CT molecular complexity index is 284. The Balaban J connectivity index is 2.95. The van der Waals surface area contributed by atoms with E-state index in [1.807, 2.05) is 6.07 Å². The largest absolute Gasteiger partial charge is 0.394 e. The highest BCUT2D eigenvalue weighted by Crippen LogP contribution is 2.15. The Morgan fingerprint density at radius 3 is 2.69 bits per heavy atom. The molecule has 0 saturated heterocycles. The van der Waals surface area contributed by atoms with Gasteiger partial charge in [0.15, 0.2) is 0 Å². The van der Waals surface area contributed by atoms with Gasteiger partial charge in [0.25, 0.3) is 0 Å². The summed E-state index contributed by atoms with van der Waals surface area (Å²) < 4.78 is 13.1. The summed E-state index contributed by atoms with van der Waals surface area (Å²) in [5.74, 6) is -0.230. The Morgan fingerprint density at radius 1 is 1.54 bits per heavy atom. The van der Waals surface area contributed by atoms with Crippen LogP contribution < -0.4 is 5.32 Å². The van der Waals surface area contributed by atoms with Crippen LogP contribution in [-0.4, -0.2) is 18.8 Å². The number of benzene rings is 1. The minimum Gasteiger partial charge on any atom is -0.394 e. The van der Waals surface area contributed by atoms with Gasteiger partial charge in [0.1, 0.15) is 5.82 Å². The van der Waals surface area contributed by atoms with E-state index in [4.69, 9.17) is 5.11 Å². The monoisotopic (exact) mass is 183 g/mol. The van der Waals surface area contributed by atoms with Crippen molar-refractivity contribution in [1.29, 1.82) is 0 Å². The highest BCUT2D eigenvalue weighted by Gasteiger charge is 2.08. The van der Waals surface area contributed by atoms with Gasteiger partial charge in [-0.25, -0.2) is 4.39 Å². The van der Waals surface area contributed by atoms with Crippen molar-refractivity contribution in [3.8, 4) is 0 Å². The van der Waals surface area contributed by atoms with Crippen LogP contribution in [0.3, 0.4) is 0 Å². The number of rotatable bonds is 3. The fraction of sp³-hybridized carbons (Fsp3) is 0.400. The molecule has 0 bridgehead atoms. The quantitative estimate of drug-likeness (QED) is 0.742. The van der Waals surface area contributed by atoms with E-state index in [0.29, 0.717) is 5.56 Å². The normalized spacial score (nSPS) is 12.9. The van der Waals surface area contributed by atoms with Gasteiger partial charge in [-0.05, 0) is 31.2 Å². The average molecular weight is 183 g/mol. The van der Waals surface area contributed by atoms with E-state index >= 15 is 0 Å². The van der Waals surface area contributed by atoms with Crippen molar-refractivity contribution in [1.82, 2.24) is 5.32 Å². The van der Waals surface area contributed by atoms with E-state index in [0.717, 1.165) is 5.56 Å². The summed E-state index contributed by atoms with van der Waals surface area (Å²) in [5.41, 5.74) is 1.39. The van der Waals surface area contributed by atoms with Gasteiger partial charge >= 0.3 is 0 Å². The van der Waals surface area contributed by atoms with Crippen molar-refractivity contribution in [2.75, 3.05) is 13.7 Å². The molecule has 2 nitrogen and oxygen atoms in total. The van der Waals surface area contributed by atoms with E-state index in [9.17, 15) is 4.39 Å². The van der Waals surface area contributed by atoms with Gasteiger partial charge in [0.05, 0.1) is 12.6 Å². The van der Waals surface area contributed by atoms with Gasteiger partial charge in [0, 0.05) is 0 Å². The van der Waals surface area contributed by atoms with Crippen molar-refractivity contribution < 1.29 is 9.50 Å². The Labute approximate surface area is 77.4 Å². The zero-order chi connectivity index (χ0) is 9.84. The zero-order valence-corrected chi connectivity index (χ0v) is 7.84. The van der Waals surface area contributed by atoms with Crippen LogP contribution >= 0.6 is 0 Å². The smallest absolute Gasteiger partial charge is 0.126 e. The van der Waals surface area contributed by atoms with Crippen LogP contribution in [0.5, 0.6) is 0 Å². The van der Waals surface area contributed by atoms with Gasteiger partial charge in [-0.1, -0.05) is 12.1 Å². The number of likely N-dealkylation sites (N-methyl/N-ethyl adjacent to an activating group) is 1. The van der Waals surface area contributed by atoms with Gasteiger partial charge < -0.3 is 10.4 Å². The molecule has 2 N–H and O–H groups in total. The highest BCUT2D eigenvalue weighted by atomic mass is 19.1. The lowest BCUT2D eigenvalue weighted by atomic mass is 10.1. The highest BCUT2D eigenvalue weighted by molar-refractivity contribution is 5.25. The average Bonchev–Trinajstić information content (AvgIpc) is 2.13. The maximum Gasteiger partial charge on any atom is 0.126 e. The second-order valence-electron chi connectivity index (χ2n) is 3.03. The summed E-state index contributed by atoms with van der Waals surface area (Å²) in [6.45, 7) is 1.69. The van der Waals surface area contributed by atoms with Gasteiger partial charge in [-0.3, -0.25) is 0 Å². The maximum absolute atomic E-state index is 13.1. The molecule has 72 valence electrons. The molecular weight excluding hydrogens is 169 g/mol. The first-order chi connectivity index (χ1) is 6.19. The number of nitrogens with one attached hydrogen (secondary N) is 1. The summed E-state index contributed by atoms with van der Waals surface area (Å²) in [6, 6.07) is 4.79. The third-order valence-corrected chi connectivity index (χ3v) is 2.13. The molecule has 0 heterocycles. The minimum atomic E-state index is -0.230. The first-order valence-corrected chi connectivity index (χ1v) is 4.23. The van der Waals surface area contributed by atoms with Gasteiger partial charge in [-0.2, -0.15) is 0 Å². The van der Waals surface area contributed by atoms with E-state index in [2.05, 4.69) is 5.32 Å². The van der Waals surface area contributed by atoms with E-state index < -0.39 is 0 Å². The standard InChI is InChI=1S/C10H14FNO/c1-7-3-4-8(5-9(7)11)10(6-13)12-2/h3-5,10,12-13H,6H2,1-2H3/t10-/m1/s1. The van der Waals surface area contributed by atoms with Crippen molar-refractivity contribution >= 4 is 0 Å². The molecule has 0 spiro atoms. The Morgan fingerprint density at radius 2 is 2.23 bits per heavy atom. The molecule has 0 unspecified atom stereocenters. The molecule has 0 fully saturated rings. The van der Waals surface area contributed by atoms with Crippen LogP contribution in [0.25, 0.3) is 0 Å². The Kier molecular flexibility index (Phi) is 3.39. The van der Waals surface area contributed by atoms with Crippen LogP contribution in [-0.2, 0) is 0 Å². The molecule has 0 aliphatic carbocycles. The first-order valence-electron chi connectivity index (χ1n) is 4.23. The molecule has 0 saturated carbocycles. The topological polar surface area (TPSA) is 32.3 Å². The minimum absolute atomic E-state index is 0.0288. The zero-order valence-electron chi connectivity index (χ0n) is 7.84. The lowest BCUT2D eigenvalue weighted by molar-refractivity contribution is 0.250. The number of hydrogen-bond acceptors (Lipinski definition) is 2. The van der Waals surface area contributed by atoms with Crippen LogP contribution in [0.1, 0.15) is 17.2 Å².